The van der Waals surface area contributed by atoms with E-state index in [1.54, 1.807) is 0 Å². The number of carbonyl (C=O) groups excluding carboxylic acids is 1. The molecule has 3 fully saturated rings. The minimum Gasteiger partial charge on any atom is -0.342 e. The molecule has 0 N–H and O–H groups in total. The predicted molar refractivity (Wildman–Crippen MR) is 112 cm³/mol. The van der Waals surface area contributed by atoms with E-state index in [4.69, 9.17) is 10.1 Å². The number of amides is 1. The summed E-state index contributed by atoms with van der Waals surface area (Å²) in [5, 5.41) is 4.81. The predicted octanol–water partition coefficient (Wildman–Crippen LogP) is 2.84. The fourth-order valence-electron chi connectivity index (χ4n) is 4.87. The van der Waals surface area contributed by atoms with Crippen molar-refractivity contribution in [2.24, 2.45) is 18.9 Å². The summed E-state index contributed by atoms with van der Waals surface area (Å²) < 4.78 is 1.88. The van der Waals surface area contributed by atoms with Crippen molar-refractivity contribution in [1.29, 1.82) is 0 Å². The van der Waals surface area contributed by atoms with E-state index in [9.17, 15) is 4.79 Å². The Morgan fingerprint density at radius 3 is 2.72 bits per heavy atom. The number of carbonyl (C=O) groups is 1. The molecule has 3 atom stereocenters. The Morgan fingerprint density at radius 2 is 1.97 bits per heavy atom. The summed E-state index contributed by atoms with van der Waals surface area (Å²) in [5.74, 6) is 2.24. The van der Waals surface area contributed by atoms with Crippen LogP contribution < -0.4 is 4.90 Å². The van der Waals surface area contributed by atoms with Crippen LogP contribution in [0, 0.1) is 11.8 Å². The zero-order valence-corrected chi connectivity index (χ0v) is 17.4. The molecule has 2 aromatic heterocycles. The Morgan fingerprint density at radius 1 is 1.17 bits per heavy atom. The molecule has 0 unspecified atom stereocenters. The van der Waals surface area contributed by atoms with Gasteiger partial charge in [-0.25, -0.2) is 9.97 Å². The van der Waals surface area contributed by atoms with Crippen molar-refractivity contribution in [2.45, 2.75) is 44.9 Å². The van der Waals surface area contributed by atoms with Crippen molar-refractivity contribution < 1.29 is 4.79 Å². The molecule has 3 aliphatic rings. The van der Waals surface area contributed by atoms with Crippen LogP contribution in [0.1, 0.15) is 50.6 Å². The summed E-state index contributed by atoms with van der Waals surface area (Å²) in [5.41, 5.74) is 3.08. The van der Waals surface area contributed by atoms with E-state index in [1.165, 1.54) is 12.8 Å². The van der Waals surface area contributed by atoms with Gasteiger partial charge >= 0.3 is 0 Å². The molecular formula is C22H30N6O. The Bertz CT molecular complexity index is 902. The molecule has 4 heterocycles. The Balaban J connectivity index is 1.41. The summed E-state index contributed by atoms with van der Waals surface area (Å²) in [6, 6.07) is 1.98. The SMILES string of the molecule is C[C@@H]1C[C@H]1C(=O)N1CCC[C@H](c2nn(C)cc2-c2ccnc(N3CCCC3)n2)C1. The maximum absolute atomic E-state index is 12.8. The normalized spacial score (nSPS) is 26.8. The van der Waals surface area contributed by atoms with Gasteiger partial charge in [0.2, 0.25) is 11.9 Å². The van der Waals surface area contributed by atoms with E-state index in [2.05, 4.69) is 27.9 Å². The van der Waals surface area contributed by atoms with Crippen molar-refractivity contribution >= 4 is 11.9 Å². The third kappa shape index (κ3) is 3.63. The molecule has 1 aliphatic carbocycles. The first-order valence-corrected chi connectivity index (χ1v) is 11.0. The highest BCUT2D eigenvalue weighted by Crippen LogP contribution is 2.41. The molecule has 2 aliphatic heterocycles. The highest BCUT2D eigenvalue weighted by atomic mass is 16.2. The van der Waals surface area contributed by atoms with Gasteiger partial charge < -0.3 is 9.80 Å². The fraction of sp³-hybridized carbons (Fsp3) is 0.636. The monoisotopic (exact) mass is 394 g/mol. The number of nitrogens with zero attached hydrogens (tertiary/aromatic N) is 6. The number of piperidine rings is 1. The number of aryl methyl sites for hydroxylation is 1. The molecule has 5 rings (SSSR count). The second-order valence-corrected chi connectivity index (χ2v) is 8.98. The molecule has 154 valence electrons. The minimum atomic E-state index is 0.252. The molecular weight excluding hydrogens is 364 g/mol. The van der Waals surface area contributed by atoms with E-state index in [0.717, 1.165) is 68.3 Å². The van der Waals surface area contributed by atoms with Crippen LogP contribution in [0.15, 0.2) is 18.5 Å². The average Bonchev–Trinajstić information content (AvgIpc) is 3.14. The molecule has 7 heteroatoms. The van der Waals surface area contributed by atoms with Gasteiger partial charge in [-0.15, -0.1) is 0 Å². The lowest BCUT2D eigenvalue weighted by Crippen LogP contribution is -2.40. The molecule has 2 aromatic rings. The second kappa shape index (κ2) is 7.43. The van der Waals surface area contributed by atoms with Gasteiger partial charge in [0.1, 0.15) is 0 Å². The van der Waals surface area contributed by atoms with Crippen LogP contribution in [0.5, 0.6) is 0 Å². The van der Waals surface area contributed by atoms with Crippen molar-refractivity contribution in [3.05, 3.63) is 24.2 Å². The van der Waals surface area contributed by atoms with Crippen LogP contribution in [0.25, 0.3) is 11.3 Å². The summed E-state index contributed by atoms with van der Waals surface area (Å²) in [6.45, 7) is 5.89. The number of hydrogen-bond acceptors (Lipinski definition) is 5. The molecule has 7 nitrogen and oxygen atoms in total. The molecule has 1 saturated carbocycles. The van der Waals surface area contributed by atoms with Gasteiger partial charge in [0, 0.05) is 63.0 Å². The van der Waals surface area contributed by atoms with Crippen LogP contribution in [0.3, 0.4) is 0 Å². The van der Waals surface area contributed by atoms with Crippen LogP contribution >= 0.6 is 0 Å². The van der Waals surface area contributed by atoms with E-state index >= 15 is 0 Å². The lowest BCUT2D eigenvalue weighted by molar-refractivity contribution is -0.134. The number of rotatable bonds is 4. The van der Waals surface area contributed by atoms with Crippen LogP contribution in [0.2, 0.25) is 0 Å². The van der Waals surface area contributed by atoms with Crippen molar-refractivity contribution in [3.63, 3.8) is 0 Å². The average molecular weight is 395 g/mol. The second-order valence-electron chi connectivity index (χ2n) is 8.98. The maximum Gasteiger partial charge on any atom is 0.225 e. The fourth-order valence-corrected chi connectivity index (χ4v) is 4.87. The number of anilines is 1. The molecule has 0 radical (unpaired) electrons. The Labute approximate surface area is 172 Å². The van der Waals surface area contributed by atoms with Gasteiger partial charge in [-0.1, -0.05) is 6.92 Å². The molecule has 2 saturated heterocycles. The van der Waals surface area contributed by atoms with Gasteiger partial charge in [-0.3, -0.25) is 9.48 Å². The maximum atomic E-state index is 12.8. The largest absolute Gasteiger partial charge is 0.342 e. The zero-order chi connectivity index (χ0) is 20.0. The number of hydrogen-bond donors (Lipinski definition) is 0. The summed E-state index contributed by atoms with van der Waals surface area (Å²) in [6.07, 6.45) is 9.49. The third-order valence-electron chi connectivity index (χ3n) is 6.71. The van der Waals surface area contributed by atoms with Crippen molar-refractivity contribution in [3.8, 4) is 11.3 Å². The first-order valence-electron chi connectivity index (χ1n) is 11.0. The zero-order valence-electron chi connectivity index (χ0n) is 17.4. The summed E-state index contributed by atoms with van der Waals surface area (Å²) in [4.78, 5) is 26.5. The Hall–Kier alpha value is -2.44. The van der Waals surface area contributed by atoms with E-state index in [-0.39, 0.29) is 11.8 Å². The van der Waals surface area contributed by atoms with E-state index in [0.29, 0.717) is 11.8 Å². The first-order chi connectivity index (χ1) is 14.1. The molecule has 29 heavy (non-hydrogen) atoms. The number of aromatic nitrogens is 4. The summed E-state index contributed by atoms with van der Waals surface area (Å²) >= 11 is 0. The number of likely N-dealkylation sites (tertiary alicyclic amines) is 1. The topological polar surface area (TPSA) is 67.2 Å². The smallest absolute Gasteiger partial charge is 0.225 e. The van der Waals surface area contributed by atoms with E-state index in [1.807, 2.05) is 24.0 Å². The lowest BCUT2D eigenvalue weighted by atomic mass is 9.91. The molecule has 0 spiro atoms. The summed E-state index contributed by atoms with van der Waals surface area (Å²) in [7, 11) is 1.97. The standard InChI is InChI=1S/C22H30N6O/c1-15-12-17(15)21(29)28-11-5-6-16(13-28)20-18(14-26(2)25-20)19-7-8-23-22(24-19)27-9-3-4-10-27/h7-8,14-17H,3-6,9-13H2,1-2H3/t15-,16+,17-/m1/s1. The van der Waals surface area contributed by atoms with Crippen LogP contribution in [0.4, 0.5) is 5.95 Å². The molecule has 0 aromatic carbocycles. The van der Waals surface area contributed by atoms with Crippen LogP contribution in [-0.4, -0.2) is 56.7 Å². The van der Waals surface area contributed by atoms with Gasteiger partial charge in [0.05, 0.1) is 11.4 Å². The minimum absolute atomic E-state index is 0.252. The van der Waals surface area contributed by atoms with Gasteiger partial charge in [-0.2, -0.15) is 5.10 Å². The van der Waals surface area contributed by atoms with Gasteiger partial charge in [0.15, 0.2) is 0 Å². The first kappa shape index (κ1) is 18.6. The highest BCUT2D eigenvalue weighted by Gasteiger charge is 2.42. The third-order valence-corrected chi connectivity index (χ3v) is 6.71. The van der Waals surface area contributed by atoms with Crippen molar-refractivity contribution in [2.75, 3.05) is 31.1 Å². The van der Waals surface area contributed by atoms with Gasteiger partial charge in [0.25, 0.3) is 0 Å². The Kier molecular flexibility index (Phi) is 4.76. The quantitative estimate of drug-likeness (QED) is 0.798. The highest BCUT2D eigenvalue weighted by molar-refractivity contribution is 5.81. The van der Waals surface area contributed by atoms with Crippen LogP contribution in [-0.2, 0) is 11.8 Å². The van der Waals surface area contributed by atoms with E-state index < -0.39 is 0 Å². The molecule has 1 amide bonds. The lowest BCUT2D eigenvalue weighted by Gasteiger charge is -2.32. The van der Waals surface area contributed by atoms with Gasteiger partial charge in [-0.05, 0) is 44.1 Å². The molecule has 0 bridgehead atoms. The van der Waals surface area contributed by atoms with Crippen molar-refractivity contribution in [1.82, 2.24) is 24.6 Å².